The van der Waals surface area contributed by atoms with Crippen molar-refractivity contribution in [2.45, 2.75) is 32.3 Å². The van der Waals surface area contributed by atoms with Crippen LogP contribution in [0.5, 0.6) is 11.5 Å². The molecular formula is C23H24FN3O4. The normalized spacial score (nSPS) is 16.0. The van der Waals surface area contributed by atoms with Crippen molar-refractivity contribution >= 4 is 5.91 Å². The summed E-state index contributed by atoms with van der Waals surface area (Å²) in [6, 6.07) is 13.1. The molecule has 1 aliphatic rings. The van der Waals surface area contributed by atoms with Crippen molar-refractivity contribution in [3.05, 3.63) is 60.2 Å². The molecule has 1 aromatic heterocycles. The summed E-state index contributed by atoms with van der Waals surface area (Å²) in [5.74, 6) is 2.05. The van der Waals surface area contributed by atoms with Crippen molar-refractivity contribution in [1.29, 1.82) is 0 Å². The van der Waals surface area contributed by atoms with E-state index in [-0.39, 0.29) is 30.4 Å². The van der Waals surface area contributed by atoms with Crippen LogP contribution in [0.2, 0.25) is 0 Å². The summed E-state index contributed by atoms with van der Waals surface area (Å²) in [5, 5.41) is 4.01. The fraction of sp³-hybridized carbons (Fsp3) is 0.348. The predicted octanol–water partition coefficient (Wildman–Crippen LogP) is 4.06. The van der Waals surface area contributed by atoms with Gasteiger partial charge < -0.3 is 18.9 Å². The molecule has 1 unspecified atom stereocenters. The topological polar surface area (TPSA) is 77.7 Å². The molecule has 0 aliphatic carbocycles. The van der Waals surface area contributed by atoms with Crippen molar-refractivity contribution in [2.24, 2.45) is 0 Å². The molecule has 1 amide bonds. The molecule has 1 fully saturated rings. The highest BCUT2D eigenvalue weighted by Gasteiger charge is 2.28. The van der Waals surface area contributed by atoms with Crippen molar-refractivity contribution < 1.29 is 23.2 Å². The molecule has 1 atom stereocenters. The van der Waals surface area contributed by atoms with Crippen molar-refractivity contribution in [3.63, 3.8) is 0 Å². The van der Waals surface area contributed by atoms with Crippen LogP contribution >= 0.6 is 0 Å². The molecule has 0 radical (unpaired) electrons. The van der Waals surface area contributed by atoms with E-state index in [9.17, 15) is 9.18 Å². The number of carbonyl (C=O) groups is 1. The molecule has 2 heterocycles. The molecule has 4 rings (SSSR count). The van der Waals surface area contributed by atoms with Crippen molar-refractivity contribution in [3.8, 4) is 22.9 Å². The van der Waals surface area contributed by atoms with Gasteiger partial charge in [-0.15, -0.1) is 0 Å². The Kier molecular flexibility index (Phi) is 6.16. The van der Waals surface area contributed by atoms with Crippen LogP contribution in [0, 0.1) is 5.82 Å². The Morgan fingerprint density at radius 2 is 1.87 bits per heavy atom. The minimum absolute atomic E-state index is 0.0849. The predicted molar refractivity (Wildman–Crippen MR) is 111 cm³/mol. The molecule has 31 heavy (non-hydrogen) atoms. The van der Waals surface area contributed by atoms with Crippen LogP contribution in [0.25, 0.3) is 11.4 Å². The number of benzene rings is 2. The third kappa shape index (κ3) is 5.20. The van der Waals surface area contributed by atoms with Gasteiger partial charge in [0.2, 0.25) is 11.7 Å². The number of amides is 1. The number of nitrogens with zero attached hydrogens (tertiary/aromatic N) is 3. The van der Waals surface area contributed by atoms with Crippen LogP contribution in [0.15, 0.2) is 53.1 Å². The minimum Gasteiger partial charge on any atom is -0.489 e. The van der Waals surface area contributed by atoms with E-state index in [1.54, 1.807) is 4.90 Å². The number of halogens is 1. The third-order valence-corrected chi connectivity index (χ3v) is 5.02. The van der Waals surface area contributed by atoms with Crippen LogP contribution in [-0.4, -0.2) is 46.7 Å². The number of hydrogen-bond donors (Lipinski definition) is 0. The van der Waals surface area contributed by atoms with E-state index < -0.39 is 0 Å². The average Bonchev–Trinajstić information content (AvgIpc) is 3.44. The van der Waals surface area contributed by atoms with Crippen molar-refractivity contribution in [2.75, 3.05) is 19.7 Å². The average molecular weight is 425 g/mol. The lowest BCUT2D eigenvalue weighted by Crippen LogP contribution is -2.34. The van der Waals surface area contributed by atoms with Gasteiger partial charge >= 0.3 is 0 Å². The summed E-state index contributed by atoms with van der Waals surface area (Å²) in [5.41, 5.74) is 0.851. The number of hydrogen-bond acceptors (Lipinski definition) is 6. The highest BCUT2D eigenvalue weighted by Crippen LogP contribution is 2.24. The SMILES string of the molecule is CC(C)c1nc(-c2ccc(OC3CCN(C(=O)COc4ccc(F)cc4)C3)cc2)no1. The Bertz CT molecular complexity index is 1020. The Labute approximate surface area is 179 Å². The van der Waals surface area contributed by atoms with Crippen LogP contribution in [0.4, 0.5) is 4.39 Å². The number of ether oxygens (including phenoxy) is 2. The first-order valence-corrected chi connectivity index (χ1v) is 10.2. The Morgan fingerprint density at radius 1 is 1.16 bits per heavy atom. The summed E-state index contributed by atoms with van der Waals surface area (Å²) < 4.78 is 29.7. The highest BCUT2D eigenvalue weighted by atomic mass is 19.1. The first-order chi connectivity index (χ1) is 15.0. The fourth-order valence-corrected chi connectivity index (χ4v) is 3.28. The second kappa shape index (κ2) is 9.16. The van der Waals surface area contributed by atoms with E-state index in [4.69, 9.17) is 14.0 Å². The maximum absolute atomic E-state index is 12.9. The quantitative estimate of drug-likeness (QED) is 0.568. The lowest BCUT2D eigenvalue weighted by molar-refractivity contribution is -0.132. The largest absolute Gasteiger partial charge is 0.489 e. The van der Waals surface area contributed by atoms with E-state index in [0.717, 1.165) is 17.7 Å². The first kappa shape index (κ1) is 20.8. The van der Waals surface area contributed by atoms with Gasteiger partial charge in [-0.2, -0.15) is 4.98 Å². The fourth-order valence-electron chi connectivity index (χ4n) is 3.28. The number of likely N-dealkylation sites (tertiary alicyclic amines) is 1. The molecule has 3 aromatic rings. The number of carbonyl (C=O) groups excluding carboxylic acids is 1. The minimum atomic E-state index is -0.344. The molecule has 0 bridgehead atoms. The lowest BCUT2D eigenvalue weighted by atomic mass is 10.2. The maximum atomic E-state index is 12.9. The Balaban J connectivity index is 1.27. The van der Waals surface area contributed by atoms with Crippen LogP contribution in [0.1, 0.15) is 32.1 Å². The maximum Gasteiger partial charge on any atom is 0.260 e. The van der Waals surface area contributed by atoms with Gasteiger partial charge in [-0.1, -0.05) is 19.0 Å². The van der Waals surface area contributed by atoms with Gasteiger partial charge in [0.1, 0.15) is 23.4 Å². The smallest absolute Gasteiger partial charge is 0.260 e. The lowest BCUT2D eigenvalue weighted by Gasteiger charge is -2.17. The first-order valence-electron chi connectivity index (χ1n) is 10.2. The van der Waals surface area contributed by atoms with Crippen molar-refractivity contribution in [1.82, 2.24) is 15.0 Å². The molecule has 1 aliphatic heterocycles. The van der Waals surface area contributed by atoms with E-state index in [1.807, 2.05) is 38.1 Å². The highest BCUT2D eigenvalue weighted by molar-refractivity contribution is 5.78. The van der Waals surface area contributed by atoms with Gasteiger partial charge in [-0.3, -0.25) is 4.79 Å². The Hall–Kier alpha value is -3.42. The van der Waals surface area contributed by atoms with Crippen LogP contribution < -0.4 is 9.47 Å². The number of rotatable bonds is 7. The number of aromatic nitrogens is 2. The van der Waals surface area contributed by atoms with Gasteiger partial charge in [-0.25, -0.2) is 4.39 Å². The summed E-state index contributed by atoms with van der Waals surface area (Å²) in [7, 11) is 0. The molecule has 0 spiro atoms. The van der Waals surface area contributed by atoms with Gasteiger partial charge in [0.15, 0.2) is 6.61 Å². The van der Waals surface area contributed by atoms with Gasteiger partial charge in [-0.05, 0) is 48.5 Å². The molecule has 7 nitrogen and oxygen atoms in total. The molecule has 162 valence electrons. The van der Waals surface area contributed by atoms with E-state index >= 15 is 0 Å². The molecule has 8 heteroatoms. The molecule has 1 saturated heterocycles. The second-order valence-corrected chi connectivity index (χ2v) is 7.75. The van der Waals surface area contributed by atoms with Crippen LogP contribution in [0.3, 0.4) is 0 Å². The zero-order valence-corrected chi connectivity index (χ0v) is 17.5. The summed E-state index contributed by atoms with van der Waals surface area (Å²) in [6.07, 6.45) is 0.658. The Morgan fingerprint density at radius 3 is 2.55 bits per heavy atom. The van der Waals surface area contributed by atoms with Crippen LogP contribution in [-0.2, 0) is 4.79 Å². The zero-order valence-electron chi connectivity index (χ0n) is 17.5. The monoisotopic (exact) mass is 425 g/mol. The van der Waals surface area contributed by atoms with Gasteiger partial charge in [0, 0.05) is 24.4 Å². The third-order valence-electron chi connectivity index (χ3n) is 5.02. The molecular weight excluding hydrogens is 401 g/mol. The summed E-state index contributed by atoms with van der Waals surface area (Å²) in [6.45, 7) is 5.01. The molecule has 2 aromatic carbocycles. The zero-order chi connectivity index (χ0) is 21.8. The van der Waals surface area contributed by atoms with E-state index in [2.05, 4.69) is 10.1 Å². The van der Waals surface area contributed by atoms with Gasteiger partial charge in [0.05, 0.1) is 6.54 Å². The second-order valence-electron chi connectivity index (χ2n) is 7.75. The van der Waals surface area contributed by atoms with E-state index in [0.29, 0.717) is 30.6 Å². The standard InChI is InChI=1S/C23H24FN3O4/c1-15(2)23-25-22(26-31-23)16-3-7-19(8-4-16)30-20-11-12-27(13-20)21(28)14-29-18-9-5-17(24)6-10-18/h3-10,15,20H,11-14H2,1-2H3. The van der Waals surface area contributed by atoms with E-state index in [1.165, 1.54) is 24.3 Å². The summed E-state index contributed by atoms with van der Waals surface area (Å²) >= 11 is 0. The molecule has 0 N–H and O–H groups in total. The van der Waals surface area contributed by atoms with Gasteiger partial charge in [0.25, 0.3) is 5.91 Å². The molecule has 0 saturated carbocycles. The summed E-state index contributed by atoms with van der Waals surface area (Å²) in [4.78, 5) is 18.5.